The van der Waals surface area contributed by atoms with E-state index >= 15 is 0 Å². The van der Waals surface area contributed by atoms with Crippen LogP contribution in [-0.2, 0) is 4.74 Å². The zero-order chi connectivity index (χ0) is 6.27. The van der Waals surface area contributed by atoms with Crippen LogP contribution in [-0.4, -0.2) is 19.0 Å². The minimum absolute atomic E-state index is 0.458. The maximum Gasteiger partial charge on any atom is 0.184 e. The van der Waals surface area contributed by atoms with Crippen molar-refractivity contribution < 1.29 is 4.74 Å². The number of ether oxygens (including phenoxy) is 1. The lowest BCUT2D eigenvalue weighted by Crippen LogP contribution is -2.16. The second kappa shape index (κ2) is 1.59. The van der Waals surface area contributed by atoms with Crippen molar-refractivity contribution in [3.05, 3.63) is 12.2 Å². The van der Waals surface area contributed by atoms with Crippen LogP contribution < -0.4 is 0 Å². The molecule has 2 rings (SSSR count). The van der Waals surface area contributed by atoms with Crippen molar-refractivity contribution in [1.82, 2.24) is 0 Å². The fraction of sp³-hybridized carbons (Fsp3) is 0.571. The Morgan fingerprint density at radius 1 is 1.67 bits per heavy atom. The second-order valence-electron chi connectivity index (χ2n) is 2.47. The number of rotatable bonds is 0. The summed E-state index contributed by atoms with van der Waals surface area (Å²) in [6.45, 7) is 0. The fourth-order valence-electron chi connectivity index (χ4n) is 1.25. The smallest absolute Gasteiger partial charge is 0.184 e. The maximum absolute atomic E-state index is 5.00. The highest BCUT2D eigenvalue weighted by atomic mass is 16.5. The monoisotopic (exact) mass is 123 g/mol. The van der Waals surface area contributed by atoms with E-state index in [2.05, 4.69) is 17.1 Å². The van der Waals surface area contributed by atoms with Crippen LogP contribution in [0.1, 0.15) is 6.42 Å². The SMILES string of the molecule is COC1=N[C@@H]2C=C[C@@H]2C1. The van der Waals surface area contributed by atoms with Crippen LogP contribution in [0.5, 0.6) is 0 Å². The van der Waals surface area contributed by atoms with Crippen molar-refractivity contribution in [1.29, 1.82) is 0 Å². The van der Waals surface area contributed by atoms with E-state index in [0.717, 1.165) is 12.3 Å². The molecule has 0 aromatic carbocycles. The van der Waals surface area contributed by atoms with Crippen LogP contribution in [0.4, 0.5) is 0 Å². The van der Waals surface area contributed by atoms with Crippen molar-refractivity contribution in [3.8, 4) is 0 Å². The van der Waals surface area contributed by atoms with Gasteiger partial charge >= 0.3 is 0 Å². The van der Waals surface area contributed by atoms with Crippen LogP contribution in [0, 0.1) is 5.92 Å². The van der Waals surface area contributed by atoms with Crippen molar-refractivity contribution in [2.45, 2.75) is 12.5 Å². The summed E-state index contributed by atoms with van der Waals surface area (Å²) in [5.41, 5.74) is 0. The molecule has 0 radical (unpaired) electrons. The summed E-state index contributed by atoms with van der Waals surface area (Å²) < 4.78 is 5.00. The van der Waals surface area contributed by atoms with E-state index < -0.39 is 0 Å². The Kier molecular flexibility index (Phi) is 0.891. The quantitative estimate of drug-likeness (QED) is 0.440. The zero-order valence-corrected chi connectivity index (χ0v) is 5.37. The molecular formula is C7H9NO. The third-order valence-electron chi connectivity index (χ3n) is 1.93. The topological polar surface area (TPSA) is 21.6 Å². The average molecular weight is 123 g/mol. The van der Waals surface area contributed by atoms with Crippen molar-refractivity contribution in [2.24, 2.45) is 10.9 Å². The molecule has 0 amide bonds. The van der Waals surface area contributed by atoms with E-state index in [1.54, 1.807) is 7.11 Å². The third kappa shape index (κ3) is 0.590. The number of hydrogen-bond acceptors (Lipinski definition) is 2. The number of fused-ring (bicyclic) bond motifs is 1. The summed E-state index contributed by atoms with van der Waals surface area (Å²) >= 11 is 0. The van der Waals surface area contributed by atoms with Gasteiger partial charge in [-0.1, -0.05) is 12.2 Å². The van der Waals surface area contributed by atoms with Crippen LogP contribution in [0.2, 0.25) is 0 Å². The Labute approximate surface area is 54.2 Å². The first-order valence-corrected chi connectivity index (χ1v) is 3.19. The molecule has 0 bridgehead atoms. The number of hydrogen-bond donors (Lipinski definition) is 0. The minimum Gasteiger partial charge on any atom is -0.484 e. The van der Waals surface area contributed by atoms with Crippen LogP contribution in [0.15, 0.2) is 17.1 Å². The molecule has 0 spiro atoms. The van der Waals surface area contributed by atoms with Crippen molar-refractivity contribution in [3.63, 3.8) is 0 Å². The molecule has 2 aliphatic rings. The molecule has 0 unspecified atom stereocenters. The van der Waals surface area contributed by atoms with Gasteiger partial charge in [0.05, 0.1) is 13.2 Å². The maximum atomic E-state index is 5.00. The summed E-state index contributed by atoms with van der Waals surface area (Å²) in [5.74, 6) is 1.58. The third-order valence-corrected chi connectivity index (χ3v) is 1.93. The highest BCUT2D eigenvalue weighted by Crippen LogP contribution is 2.30. The standard InChI is InChI=1S/C7H9NO/c1-9-7-4-5-2-3-6(5)8-7/h2-3,5-6H,4H2,1H3/t5-,6-/m1/s1. The summed E-state index contributed by atoms with van der Waals surface area (Å²) in [7, 11) is 1.68. The Hall–Kier alpha value is -0.790. The summed E-state index contributed by atoms with van der Waals surface area (Å²) in [4.78, 5) is 4.28. The zero-order valence-electron chi connectivity index (χ0n) is 5.37. The van der Waals surface area contributed by atoms with Crippen LogP contribution >= 0.6 is 0 Å². The Bertz CT molecular complexity index is 183. The average Bonchev–Trinajstić information content (AvgIpc) is 2.10. The van der Waals surface area contributed by atoms with Gasteiger partial charge in [-0.2, -0.15) is 0 Å². The van der Waals surface area contributed by atoms with E-state index in [0.29, 0.717) is 12.0 Å². The first kappa shape index (κ1) is 5.03. The van der Waals surface area contributed by atoms with Gasteiger partial charge in [0.15, 0.2) is 5.90 Å². The van der Waals surface area contributed by atoms with Crippen LogP contribution in [0.3, 0.4) is 0 Å². The molecule has 1 aliphatic heterocycles. The van der Waals surface area contributed by atoms with Gasteiger partial charge in [-0.05, 0) is 0 Å². The molecule has 2 nitrogen and oxygen atoms in total. The molecule has 0 aromatic heterocycles. The molecule has 1 aliphatic carbocycles. The summed E-state index contributed by atoms with van der Waals surface area (Å²) in [6.07, 6.45) is 5.33. The highest BCUT2D eigenvalue weighted by Gasteiger charge is 2.31. The van der Waals surface area contributed by atoms with E-state index in [4.69, 9.17) is 4.74 Å². The van der Waals surface area contributed by atoms with Gasteiger partial charge in [0.1, 0.15) is 0 Å². The Morgan fingerprint density at radius 3 is 2.89 bits per heavy atom. The normalized spacial score (nSPS) is 37.2. The van der Waals surface area contributed by atoms with E-state index in [1.165, 1.54) is 0 Å². The predicted molar refractivity (Wildman–Crippen MR) is 35.5 cm³/mol. The molecule has 0 fully saturated rings. The lowest BCUT2D eigenvalue weighted by molar-refractivity contribution is 0.392. The van der Waals surface area contributed by atoms with Gasteiger partial charge in [-0.15, -0.1) is 0 Å². The number of methoxy groups -OCH3 is 1. The van der Waals surface area contributed by atoms with E-state index in [9.17, 15) is 0 Å². The summed E-state index contributed by atoms with van der Waals surface area (Å²) in [5, 5.41) is 0. The number of aliphatic imine (C=N–C) groups is 1. The molecule has 2 atom stereocenters. The highest BCUT2D eigenvalue weighted by molar-refractivity contribution is 5.79. The lowest BCUT2D eigenvalue weighted by atomic mass is 9.90. The van der Waals surface area contributed by atoms with Crippen molar-refractivity contribution >= 4 is 5.90 Å². The lowest BCUT2D eigenvalue weighted by Gasteiger charge is -2.17. The van der Waals surface area contributed by atoms with Gasteiger partial charge in [0.2, 0.25) is 0 Å². The molecule has 0 N–H and O–H groups in total. The van der Waals surface area contributed by atoms with Crippen LogP contribution in [0.25, 0.3) is 0 Å². The van der Waals surface area contributed by atoms with Gasteiger partial charge < -0.3 is 4.74 Å². The number of nitrogens with zero attached hydrogens (tertiary/aromatic N) is 1. The Morgan fingerprint density at radius 2 is 2.56 bits per heavy atom. The molecule has 2 heteroatoms. The molecule has 0 saturated carbocycles. The van der Waals surface area contributed by atoms with Crippen molar-refractivity contribution in [2.75, 3.05) is 7.11 Å². The second-order valence-corrected chi connectivity index (χ2v) is 2.47. The van der Waals surface area contributed by atoms with E-state index in [-0.39, 0.29) is 0 Å². The molecule has 1 heterocycles. The van der Waals surface area contributed by atoms with Gasteiger partial charge in [0, 0.05) is 12.3 Å². The molecule has 0 aromatic rings. The van der Waals surface area contributed by atoms with Gasteiger partial charge in [-0.3, -0.25) is 0 Å². The predicted octanol–water partition coefficient (Wildman–Crippen LogP) is 0.990. The van der Waals surface area contributed by atoms with Gasteiger partial charge in [0.25, 0.3) is 0 Å². The molecule has 9 heavy (non-hydrogen) atoms. The molecular weight excluding hydrogens is 114 g/mol. The Balaban J connectivity index is 2.11. The first-order chi connectivity index (χ1) is 4.40. The summed E-state index contributed by atoms with van der Waals surface area (Å²) in [6, 6.07) is 0.458. The molecule has 0 saturated heterocycles. The molecule has 48 valence electrons. The first-order valence-electron chi connectivity index (χ1n) is 3.19. The van der Waals surface area contributed by atoms with E-state index in [1.807, 2.05) is 0 Å². The largest absolute Gasteiger partial charge is 0.484 e. The fourth-order valence-corrected chi connectivity index (χ4v) is 1.25. The minimum atomic E-state index is 0.458. The van der Waals surface area contributed by atoms with Gasteiger partial charge in [-0.25, -0.2) is 4.99 Å².